The van der Waals surface area contributed by atoms with Crippen LogP contribution in [0.4, 0.5) is 0 Å². The summed E-state index contributed by atoms with van der Waals surface area (Å²) in [6, 6.07) is 0. The summed E-state index contributed by atoms with van der Waals surface area (Å²) >= 11 is 12.7. The van der Waals surface area contributed by atoms with Crippen LogP contribution >= 0.6 is 23.2 Å². The number of piperidine rings is 1. The zero-order chi connectivity index (χ0) is 13.3. The van der Waals surface area contributed by atoms with Crippen LogP contribution in [0.1, 0.15) is 31.7 Å². The van der Waals surface area contributed by atoms with Gasteiger partial charge in [0.25, 0.3) is 0 Å². The molecule has 0 radical (unpaired) electrons. The van der Waals surface area contributed by atoms with E-state index < -0.39 is 0 Å². The number of rotatable bonds is 3. The smallest absolute Gasteiger partial charge is 0.0863 e. The molecule has 0 N–H and O–H groups in total. The van der Waals surface area contributed by atoms with Crippen LogP contribution in [0.15, 0.2) is 0 Å². The van der Waals surface area contributed by atoms with Gasteiger partial charge in [-0.1, -0.05) is 25.4 Å². The van der Waals surface area contributed by atoms with Crippen LogP contribution in [0, 0.1) is 5.92 Å². The third-order valence-corrected chi connectivity index (χ3v) is 4.83. The number of alkyl halides is 1. The fourth-order valence-electron chi connectivity index (χ4n) is 2.43. The van der Waals surface area contributed by atoms with Crippen molar-refractivity contribution in [3.8, 4) is 0 Å². The van der Waals surface area contributed by atoms with Gasteiger partial charge < -0.3 is 0 Å². The first-order valence-electron chi connectivity index (χ1n) is 6.59. The fourth-order valence-corrected chi connectivity index (χ4v) is 3.11. The van der Waals surface area contributed by atoms with E-state index in [0.717, 1.165) is 48.9 Å². The lowest BCUT2D eigenvalue weighted by molar-refractivity contribution is 0.185. The van der Waals surface area contributed by atoms with Crippen molar-refractivity contribution in [1.82, 2.24) is 14.7 Å². The van der Waals surface area contributed by atoms with Gasteiger partial charge in [0.1, 0.15) is 0 Å². The fraction of sp³-hybridized carbons (Fsp3) is 0.769. The minimum absolute atomic E-state index is 0.247. The van der Waals surface area contributed by atoms with Gasteiger partial charge in [0.15, 0.2) is 0 Å². The summed E-state index contributed by atoms with van der Waals surface area (Å²) in [4.78, 5) is 2.38. The average molecular weight is 290 g/mol. The van der Waals surface area contributed by atoms with Crippen LogP contribution < -0.4 is 0 Å². The summed E-state index contributed by atoms with van der Waals surface area (Å²) in [7, 11) is 1.96. The predicted molar refractivity (Wildman–Crippen MR) is 76.3 cm³/mol. The van der Waals surface area contributed by atoms with Gasteiger partial charge in [-0.15, -0.1) is 11.6 Å². The molecule has 5 heteroatoms. The molecule has 3 nitrogen and oxygen atoms in total. The molecule has 102 valence electrons. The second-order valence-electron chi connectivity index (χ2n) is 5.20. The maximum Gasteiger partial charge on any atom is 0.0863 e. The molecular formula is C13H21Cl2N3. The molecule has 2 heterocycles. The topological polar surface area (TPSA) is 21.1 Å². The van der Waals surface area contributed by atoms with E-state index in [2.05, 4.69) is 23.8 Å². The molecule has 1 aromatic rings. The molecule has 2 rings (SSSR count). The summed E-state index contributed by atoms with van der Waals surface area (Å²) in [6.45, 7) is 7.17. The lowest BCUT2D eigenvalue weighted by Gasteiger charge is -2.33. The lowest BCUT2D eigenvalue weighted by Crippen LogP contribution is -2.40. The van der Waals surface area contributed by atoms with Gasteiger partial charge >= 0.3 is 0 Å². The first kappa shape index (κ1) is 14.2. The van der Waals surface area contributed by atoms with Gasteiger partial charge in [-0.3, -0.25) is 9.58 Å². The molecule has 1 aliphatic rings. The van der Waals surface area contributed by atoms with Crippen LogP contribution in [0.5, 0.6) is 0 Å². The second kappa shape index (κ2) is 5.81. The number of aromatic nitrogens is 2. The summed E-state index contributed by atoms with van der Waals surface area (Å²) in [6.07, 6.45) is 2.03. The Bertz CT molecular complexity index is 417. The van der Waals surface area contributed by atoms with E-state index in [1.165, 1.54) is 0 Å². The molecule has 1 fully saturated rings. The molecule has 18 heavy (non-hydrogen) atoms. The quantitative estimate of drug-likeness (QED) is 0.798. The molecule has 1 saturated heterocycles. The molecule has 0 spiro atoms. The first-order valence-corrected chi connectivity index (χ1v) is 7.41. The van der Waals surface area contributed by atoms with Crippen LogP contribution in [0.25, 0.3) is 0 Å². The monoisotopic (exact) mass is 289 g/mol. The van der Waals surface area contributed by atoms with Crippen molar-refractivity contribution in [2.75, 3.05) is 13.1 Å². The van der Waals surface area contributed by atoms with Crippen molar-refractivity contribution >= 4 is 23.2 Å². The number of halogens is 2. The third kappa shape index (κ3) is 2.84. The minimum atomic E-state index is 0.247. The molecule has 0 amide bonds. The van der Waals surface area contributed by atoms with Crippen molar-refractivity contribution in [3.05, 3.63) is 16.4 Å². The Morgan fingerprint density at radius 2 is 2.17 bits per heavy atom. The van der Waals surface area contributed by atoms with E-state index in [4.69, 9.17) is 23.2 Å². The molecular weight excluding hydrogens is 269 g/mol. The predicted octanol–water partition coefficient (Wildman–Crippen LogP) is 3.09. The zero-order valence-corrected chi connectivity index (χ0v) is 12.8. The summed E-state index contributed by atoms with van der Waals surface area (Å²) in [5, 5.41) is 5.52. The molecule has 1 aromatic heterocycles. The number of hydrogen-bond donors (Lipinski definition) is 0. The normalized spacial score (nSPS) is 25.6. The lowest BCUT2D eigenvalue weighted by atomic mass is 9.98. The SMILES string of the molecule is CCc1nn(C)c(CN2CCC(C)C(Cl)C2)c1Cl. The van der Waals surface area contributed by atoms with Crippen molar-refractivity contribution in [2.45, 2.75) is 38.6 Å². The van der Waals surface area contributed by atoms with Crippen molar-refractivity contribution < 1.29 is 0 Å². The van der Waals surface area contributed by atoms with Crippen LogP contribution in [-0.4, -0.2) is 33.1 Å². The van der Waals surface area contributed by atoms with Crippen LogP contribution in [-0.2, 0) is 20.0 Å². The van der Waals surface area contributed by atoms with Crippen molar-refractivity contribution in [1.29, 1.82) is 0 Å². The molecule has 0 bridgehead atoms. The largest absolute Gasteiger partial charge is 0.296 e. The standard InChI is InChI=1S/C13H21Cl2N3/c1-4-11-13(15)12(17(3)16-11)8-18-6-5-9(2)10(14)7-18/h9-10H,4-8H2,1-3H3. The van der Waals surface area contributed by atoms with Gasteiger partial charge in [-0.05, 0) is 25.3 Å². The second-order valence-corrected chi connectivity index (χ2v) is 6.14. The maximum atomic E-state index is 6.37. The van der Waals surface area contributed by atoms with E-state index >= 15 is 0 Å². The molecule has 2 atom stereocenters. The van der Waals surface area contributed by atoms with Crippen LogP contribution in [0.3, 0.4) is 0 Å². The van der Waals surface area contributed by atoms with E-state index in [-0.39, 0.29) is 5.38 Å². The van der Waals surface area contributed by atoms with Crippen molar-refractivity contribution in [2.24, 2.45) is 13.0 Å². The average Bonchev–Trinajstić information content (AvgIpc) is 2.61. The summed E-state index contributed by atoms with van der Waals surface area (Å²) in [5.41, 5.74) is 2.09. The molecule has 0 saturated carbocycles. The Hall–Kier alpha value is -0.250. The Labute approximate surface area is 119 Å². The maximum absolute atomic E-state index is 6.37. The molecule has 0 aliphatic carbocycles. The van der Waals surface area contributed by atoms with Gasteiger partial charge in [0.05, 0.1) is 16.4 Å². The summed E-state index contributed by atoms with van der Waals surface area (Å²) in [5.74, 6) is 0.608. The highest BCUT2D eigenvalue weighted by Gasteiger charge is 2.26. The highest BCUT2D eigenvalue weighted by Crippen LogP contribution is 2.26. The highest BCUT2D eigenvalue weighted by atomic mass is 35.5. The van der Waals surface area contributed by atoms with E-state index in [9.17, 15) is 0 Å². The van der Waals surface area contributed by atoms with Gasteiger partial charge in [-0.2, -0.15) is 5.10 Å². The van der Waals surface area contributed by atoms with Crippen LogP contribution in [0.2, 0.25) is 5.02 Å². The van der Waals surface area contributed by atoms with Gasteiger partial charge in [0, 0.05) is 25.5 Å². The van der Waals surface area contributed by atoms with Gasteiger partial charge in [-0.25, -0.2) is 0 Å². The minimum Gasteiger partial charge on any atom is -0.296 e. The van der Waals surface area contributed by atoms with E-state index in [1.807, 2.05) is 11.7 Å². The third-order valence-electron chi connectivity index (χ3n) is 3.83. The van der Waals surface area contributed by atoms with E-state index in [1.54, 1.807) is 0 Å². The number of nitrogens with zero attached hydrogens (tertiary/aromatic N) is 3. The van der Waals surface area contributed by atoms with Crippen molar-refractivity contribution in [3.63, 3.8) is 0 Å². The Morgan fingerprint density at radius 3 is 2.72 bits per heavy atom. The first-order chi connectivity index (χ1) is 8.52. The Balaban J connectivity index is 2.08. The zero-order valence-electron chi connectivity index (χ0n) is 11.3. The number of aryl methyl sites for hydroxylation is 2. The molecule has 0 aromatic carbocycles. The molecule has 2 unspecified atom stereocenters. The van der Waals surface area contributed by atoms with E-state index in [0.29, 0.717) is 5.92 Å². The number of likely N-dealkylation sites (tertiary alicyclic amines) is 1. The molecule has 1 aliphatic heterocycles. The van der Waals surface area contributed by atoms with Gasteiger partial charge in [0.2, 0.25) is 0 Å². The highest BCUT2D eigenvalue weighted by molar-refractivity contribution is 6.31. The Morgan fingerprint density at radius 1 is 1.44 bits per heavy atom. The Kier molecular flexibility index (Phi) is 4.57. The number of hydrogen-bond acceptors (Lipinski definition) is 2. The summed E-state index contributed by atoms with van der Waals surface area (Å²) < 4.78 is 1.91.